The predicted molar refractivity (Wildman–Crippen MR) is 102 cm³/mol. The number of hydrogen-bond acceptors (Lipinski definition) is 5. The zero-order valence-electron chi connectivity index (χ0n) is 15.4. The molecule has 0 aliphatic carbocycles. The summed E-state index contributed by atoms with van der Waals surface area (Å²) in [6, 6.07) is 6.51. The van der Waals surface area contributed by atoms with E-state index in [0.717, 1.165) is 19.3 Å². The Hall–Kier alpha value is -2.13. The maximum Gasteiger partial charge on any atom is 0.232 e. The van der Waals surface area contributed by atoms with Gasteiger partial charge >= 0.3 is 0 Å². The first kappa shape index (κ1) is 20.2. The van der Waals surface area contributed by atoms with Gasteiger partial charge in [0, 0.05) is 51.8 Å². The molecule has 0 aromatic heterocycles. The maximum absolute atomic E-state index is 12.4. The van der Waals surface area contributed by atoms with Gasteiger partial charge in [0.15, 0.2) is 0 Å². The van der Waals surface area contributed by atoms with Crippen LogP contribution in [-0.4, -0.2) is 76.1 Å². The van der Waals surface area contributed by atoms with Crippen LogP contribution in [0.3, 0.4) is 0 Å². The fourth-order valence-corrected chi connectivity index (χ4v) is 3.74. The Morgan fingerprint density at radius 3 is 2.19 bits per heavy atom. The van der Waals surface area contributed by atoms with Gasteiger partial charge < -0.3 is 15.1 Å². The molecule has 1 aromatic rings. The zero-order chi connectivity index (χ0) is 19.3. The number of rotatable bonds is 6. The monoisotopic (exact) mass is 382 g/mol. The molecule has 1 heterocycles. The summed E-state index contributed by atoms with van der Waals surface area (Å²) in [4.78, 5) is 27.4. The highest BCUT2D eigenvalue weighted by molar-refractivity contribution is 7.92. The Morgan fingerprint density at radius 1 is 1.12 bits per heavy atom. The number of sulfonamides is 1. The standard InChI is InChI=1S/C17H26N4O4S/c1-14(22)18-15-4-6-16(7-5-15)21(26(3,24)25)9-8-17(23)20-12-10-19(2)11-13-20/h4-7H,8-13H2,1-3H3,(H,18,22). The Kier molecular flexibility index (Phi) is 6.60. The average Bonchev–Trinajstić information content (AvgIpc) is 2.55. The summed E-state index contributed by atoms with van der Waals surface area (Å²) < 4.78 is 25.5. The lowest BCUT2D eigenvalue weighted by Gasteiger charge is -2.33. The summed E-state index contributed by atoms with van der Waals surface area (Å²) in [6.45, 7) is 4.47. The Bertz CT molecular complexity index is 741. The highest BCUT2D eigenvalue weighted by Crippen LogP contribution is 2.21. The van der Waals surface area contributed by atoms with Crippen molar-refractivity contribution in [1.82, 2.24) is 9.80 Å². The summed E-state index contributed by atoms with van der Waals surface area (Å²) in [5.41, 5.74) is 1.05. The third-order valence-corrected chi connectivity index (χ3v) is 5.45. The molecule has 2 amide bonds. The number of carbonyl (C=O) groups is 2. The molecule has 2 rings (SSSR count). The lowest BCUT2D eigenvalue weighted by atomic mass is 10.2. The molecule has 8 nitrogen and oxygen atoms in total. The quantitative estimate of drug-likeness (QED) is 0.777. The molecule has 0 spiro atoms. The van der Waals surface area contributed by atoms with Crippen molar-refractivity contribution in [3.8, 4) is 0 Å². The van der Waals surface area contributed by atoms with Crippen molar-refractivity contribution < 1.29 is 18.0 Å². The second-order valence-corrected chi connectivity index (χ2v) is 8.40. The van der Waals surface area contributed by atoms with Crippen molar-refractivity contribution in [3.05, 3.63) is 24.3 Å². The van der Waals surface area contributed by atoms with E-state index in [9.17, 15) is 18.0 Å². The number of nitrogens with zero attached hydrogens (tertiary/aromatic N) is 3. The van der Waals surface area contributed by atoms with Crippen LogP contribution in [0.2, 0.25) is 0 Å². The number of nitrogens with one attached hydrogen (secondary N) is 1. The van der Waals surface area contributed by atoms with Gasteiger partial charge in [0.05, 0.1) is 11.9 Å². The number of likely N-dealkylation sites (N-methyl/N-ethyl adjacent to an activating group) is 1. The number of anilines is 2. The highest BCUT2D eigenvalue weighted by atomic mass is 32.2. The van der Waals surface area contributed by atoms with E-state index in [1.54, 1.807) is 29.2 Å². The molecule has 0 unspecified atom stereocenters. The van der Waals surface area contributed by atoms with Crippen LogP contribution in [0.1, 0.15) is 13.3 Å². The second-order valence-electron chi connectivity index (χ2n) is 6.50. The minimum atomic E-state index is -3.52. The first-order valence-electron chi connectivity index (χ1n) is 8.48. The van der Waals surface area contributed by atoms with Gasteiger partial charge in [-0.1, -0.05) is 0 Å². The van der Waals surface area contributed by atoms with Crippen LogP contribution in [0.15, 0.2) is 24.3 Å². The van der Waals surface area contributed by atoms with E-state index in [0.29, 0.717) is 24.5 Å². The molecule has 1 N–H and O–H groups in total. The lowest BCUT2D eigenvalue weighted by Crippen LogP contribution is -2.48. The molecular formula is C17H26N4O4S. The Morgan fingerprint density at radius 2 is 1.69 bits per heavy atom. The number of piperazine rings is 1. The summed E-state index contributed by atoms with van der Waals surface area (Å²) in [6.07, 6.45) is 1.25. The lowest BCUT2D eigenvalue weighted by molar-refractivity contribution is -0.132. The fraction of sp³-hybridized carbons (Fsp3) is 0.529. The van der Waals surface area contributed by atoms with Crippen molar-refractivity contribution in [3.63, 3.8) is 0 Å². The van der Waals surface area contributed by atoms with Crippen LogP contribution in [0, 0.1) is 0 Å². The van der Waals surface area contributed by atoms with E-state index >= 15 is 0 Å². The van der Waals surface area contributed by atoms with Gasteiger partial charge in [-0.2, -0.15) is 0 Å². The first-order chi connectivity index (χ1) is 12.2. The van der Waals surface area contributed by atoms with Gasteiger partial charge in [-0.05, 0) is 31.3 Å². The van der Waals surface area contributed by atoms with Crippen LogP contribution >= 0.6 is 0 Å². The number of amides is 2. The number of benzene rings is 1. The molecule has 9 heteroatoms. The van der Waals surface area contributed by atoms with Crippen molar-refractivity contribution >= 4 is 33.2 Å². The molecule has 0 atom stereocenters. The van der Waals surface area contributed by atoms with Crippen molar-refractivity contribution in [2.24, 2.45) is 0 Å². The largest absolute Gasteiger partial charge is 0.340 e. The fourth-order valence-electron chi connectivity index (χ4n) is 2.81. The number of hydrogen-bond donors (Lipinski definition) is 1. The van der Waals surface area contributed by atoms with Crippen molar-refractivity contribution in [2.75, 3.05) is 55.6 Å². The molecule has 1 saturated heterocycles. The van der Waals surface area contributed by atoms with Crippen LogP contribution < -0.4 is 9.62 Å². The first-order valence-corrected chi connectivity index (χ1v) is 10.3. The summed E-state index contributed by atoms with van der Waals surface area (Å²) >= 11 is 0. The molecule has 0 bridgehead atoms. The third-order valence-electron chi connectivity index (χ3n) is 4.26. The molecule has 0 saturated carbocycles. The van der Waals surface area contributed by atoms with Gasteiger partial charge in [-0.15, -0.1) is 0 Å². The molecule has 1 aliphatic heterocycles. The summed E-state index contributed by atoms with van der Waals surface area (Å²) in [5, 5.41) is 2.63. The maximum atomic E-state index is 12.4. The van der Waals surface area contributed by atoms with Gasteiger partial charge in [0.2, 0.25) is 21.8 Å². The second kappa shape index (κ2) is 8.50. The normalized spacial score (nSPS) is 15.6. The van der Waals surface area contributed by atoms with Crippen LogP contribution in [0.5, 0.6) is 0 Å². The summed E-state index contributed by atoms with van der Waals surface area (Å²) in [5.74, 6) is -0.239. The van der Waals surface area contributed by atoms with Crippen LogP contribution in [-0.2, 0) is 19.6 Å². The van der Waals surface area contributed by atoms with Gasteiger partial charge in [0.25, 0.3) is 0 Å². The predicted octanol–water partition coefficient (Wildman–Crippen LogP) is 0.575. The minimum absolute atomic E-state index is 0.0402. The molecular weight excluding hydrogens is 356 g/mol. The molecule has 26 heavy (non-hydrogen) atoms. The van der Waals surface area contributed by atoms with E-state index in [-0.39, 0.29) is 24.8 Å². The SMILES string of the molecule is CC(=O)Nc1ccc(N(CCC(=O)N2CCN(C)CC2)S(C)(=O)=O)cc1. The smallest absolute Gasteiger partial charge is 0.232 e. The molecule has 1 aliphatic rings. The van der Waals surface area contributed by atoms with Crippen molar-refractivity contribution in [1.29, 1.82) is 0 Å². The van der Waals surface area contributed by atoms with E-state index in [2.05, 4.69) is 10.2 Å². The van der Waals surface area contributed by atoms with Gasteiger partial charge in [0.1, 0.15) is 0 Å². The number of carbonyl (C=O) groups excluding carboxylic acids is 2. The minimum Gasteiger partial charge on any atom is -0.340 e. The van der Waals surface area contributed by atoms with Gasteiger partial charge in [-0.25, -0.2) is 8.42 Å². The van der Waals surface area contributed by atoms with E-state index in [1.807, 2.05) is 7.05 Å². The summed E-state index contributed by atoms with van der Waals surface area (Å²) in [7, 11) is -1.51. The van der Waals surface area contributed by atoms with Crippen molar-refractivity contribution in [2.45, 2.75) is 13.3 Å². The third kappa shape index (κ3) is 5.70. The molecule has 1 aromatic carbocycles. The molecule has 1 fully saturated rings. The van der Waals surface area contributed by atoms with E-state index in [4.69, 9.17) is 0 Å². The van der Waals surface area contributed by atoms with E-state index in [1.165, 1.54) is 11.2 Å². The topological polar surface area (TPSA) is 90.0 Å². The zero-order valence-corrected chi connectivity index (χ0v) is 16.3. The average molecular weight is 382 g/mol. The van der Waals surface area contributed by atoms with E-state index < -0.39 is 10.0 Å². The highest BCUT2D eigenvalue weighted by Gasteiger charge is 2.22. The Balaban J connectivity index is 2.04. The molecule has 144 valence electrons. The van der Waals surface area contributed by atoms with Gasteiger partial charge in [-0.3, -0.25) is 13.9 Å². The Labute approximate surface area is 154 Å². The van der Waals surface area contributed by atoms with Crippen LogP contribution in [0.25, 0.3) is 0 Å². The van der Waals surface area contributed by atoms with Crippen LogP contribution in [0.4, 0.5) is 11.4 Å². The molecule has 0 radical (unpaired) electrons.